The Hall–Kier alpha value is -1.76. The summed E-state index contributed by atoms with van der Waals surface area (Å²) in [6.45, 7) is 2.14. The molecule has 2 fully saturated rings. The number of rotatable bonds is 4. The lowest BCUT2D eigenvalue weighted by molar-refractivity contribution is 0.345. The molecule has 4 rings (SSSR count). The average molecular weight is 360 g/mol. The van der Waals surface area contributed by atoms with Crippen LogP contribution in [-0.2, 0) is 15.8 Å². The molecular weight excluding hydrogens is 339 g/mol. The number of sulfonamides is 1. The van der Waals surface area contributed by atoms with Gasteiger partial charge in [0.1, 0.15) is 5.82 Å². The van der Waals surface area contributed by atoms with Crippen LogP contribution in [0.3, 0.4) is 0 Å². The molecule has 132 valence electrons. The molecule has 1 N–H and O–H groups in total. The van der Waals surface area contributed by atoms with Gasteiger partial charge in [0.2, 0.25) is 10.0 Å². The van der Waals surface area contributed by atoms with Crippen molar-refractivity contribution >= 4 is 10.0 Å². The number of hydrogen-bond acceptors (Lipinski definition) is 3. The molecule has 0 saturated carbocycles. The molecule has 0 amide bonds. The van der Waals surface area contributed by atoms with Crippen LogP contribution in [0.25, 0.3) is 0 Å². The van der Waals surface area contributed by atoms with Gasteiger partial charge in [0.05, 0.1) is 11.8 Å². The molecule has 2 aromatic rings. The van der Waals surface area contributed by atoms with Crippen LogP contribution >= 0.6 is 0 Å². The zero-order chi connectivity index (χ0) is 17.4. The Morgan fingerprint density at radius 2 is 1.76 bits per heavy atom. The topological polar surface area (TPSA) is 49.4 Å². The summed E-state index contributed by atoms with van der Waals surface area (Å²) in [5, 5.41) is 3.37. The van der Waals surface area contributed by atoms with E-state index in [1.165, 1.54) is 6.07 Å². The van der Waals surface area contributed by atoms with E-state index in [1.54, 1.807) is 22.5 Å². The van der Waals surface area contributed by atoms with E-state index in [0.717, 1.165) is 18.7 Å². The minimum absolute atomic E-state index is 0.182. The second-order valence-electron chi connectivity index (χ2n) is 6.86. The largest absolute Gasteiger partial charge is 0.316 e. The summed E-state index contributed by atoms with van der Waals surface area (Å²) in [4.78, 5) is 0. The maximum absolute atomic E-state index is 14.0. The lowest BCUT2D eigenvalue weighted by atomic mass is 9.90. The number of benzene rings is 2. The Labute approximate surface area is 147 Å². The fraction of sp³-hybridized carbons (Fsp3) is 0.368. The summed E-state index contributed by atoms with van der Waals surface area (Å²) in [6.07, 6.45) is 0. The van der Waals surface area contributed by atoms with E-state index < -0.39 is 15.8 Å². The van der Waals surface area contributed by atoms with Crippen molar-refractivity contribution in [1.29, 1.82) is 0 Å². The summed E-state index contributed by atoms with van der Waals surface area (Å²) in [5.41, 5.74) is 1.24. The molecule has 0 unspecified atom stereocenters. The SMILES string of the molecule is O=S(=O)(Cc1ccccc1F)N1C[C@@H]2CNC[C@@H]2[C@H]1c1ccccc1. The smallest absolute Gasteiger partial charge is 0.218 e. The minimum atomic E-state index is -3.61. The van der Waals surface area contributed by atoms with Gasteiger partial charge in [0, 0.05) is 18.7 Å². The Kier molecular flexibility index (Phi) is 4.35. The number of hydrogen-bond donors (Lipinski definition) is 1. The predicted molar refractivity (Wildman–Crippen MR) is 94.8 cm³/mol. The second-order valence-corrected chi connectivity index (χ2v) is 8.78. The lowest BCUT2D eigenvalue weighted by Gasteiger charge is -2.27. The molecule has 2 aromatic carbocycles. The van der Waals surface area contributed by atoms with Crippen molar-refractivity contribution in [2.45, 2.75) is 11.8 Å². The molecule has 3 atom stereocenters. The van der Waals surface area contributed by atoms with Crippen molar-refractivity contribution in [1.82, 2.24) is 9.62 Å². The van der Waals surface area contributed by atoms with Crippen LogP contribution in [-0.4, -0.2) is 32.4 Å². The van der Waals surface area contributed by atoms with E-state index in [-0.39, 0.29) is 23.3 Å². The first kappa shape index (κ1) is 16.7. The summed E-state index contributed by atoms with van der Waals surface area (Å²) < 4.78 is 41.8. The Balaban J connectivity index is 1.68. The molecule has 6 heteroatoms. The van der Waals surface area contributed by atoms with E-state index >= 15 is 0 Å². The Bertz CT molecular complexity index is 857. The van der Waals surface area contributed by atoms with Crippen molar-refractivity contribution in [2.75, 3.05) is 19.6 Å². The summed E-state index contributed by atoms with van der Waals surface area (Å²) in [7, 11) is -3.61. The van der Waals surface area contributed by atoms with Crippen LogP contribution < -0.4 is 5.32 Å². The summed E-state index contributed by atoms with van der Waals surface area (Å²) in [6, 6.07) is 15.7. The van der Waals surface area contributed by atoms with Crippen LogP contribution in [0, 0.1) is 17.7 Å². The average Bonchev–Trinajstić information content (AvgIpc) is 3.19. The van der Waals surface area contributed by atoms with Crippen molar-refractivity contribution in [2.24, 2.45) is 11.8 Å². The van der Waals surface area contributed by atoms with E-state index in [0.29, 0.717) is 12.5 Å². The van der Waals surface area contributed by atoms with Crippen LogP contribution in [0.4, 0.5) is 4.39 Å². The Morgan fingerprint density at radius 1 is 1.04 bits per heavy atom. The maximum Gasteiger partial charge on any atom is 0.218 e. The van der Waals surface area contributed by atoms with Crippen molar-refractivity contribution in [3.63, 3.8) is 0 Å². The third kappa shape index (κ3) is 3.10. The molecule has 0 radical (unpaired) electrons. The fourth-order valence-corrected chi connectivity index (χ4v) is 5.96. The molecule has 0 aliphatic carbocycles. The Morgan fingerprint density at radius 3 is 2.52 bits per heavy atom. The van der Waals surface area contributed by atoms with E-state index in [2.05, 4.69) is 5.32 Å². The van der Waals surface area contributed by atoms with Gasteiger partial charge in [-0.15, -0.1) is 0 Å². The zero-order valence-electron chi connectivity index (χ0n) is 13.8. The first-order valence-corrected chi connectivity index (χ1v) is 10.2. The van der Waals surface area contributed by atoms with Crippen molar-refractivity contribution in [3.8, 4) is 0 Å². The van der Waals surface area contributed by atoms with Gasteiger partial charge in [-0.2, -0.15) is 4.31 Å². The number of fused-ring (bicyclic) bond motifs is 1. The van der Waals surface area contributed by atoms with Gasteiger partial charge in [-0.05, 0) is 30.0 Å². The molecule has 2 aliphatic rings. The highest BCUT2D eigenvalue weighted by atomic mass is 32.2. The molecule has 0 spiro atoms. The van der Waals surface area contributed by atoms with Crippen molar-refractivity contribution in [3.05, 3.63) is 71.5 Å². The van der Waals surface area contributed by atoms with Gasteiger partial charge in [0.15, 0.2) is 0 Å². The number of nitrogens with zero attached hydrogens (tertiary/aromatic N) is 1. The molecular formula is C19H21FN2O2S. The molecule has 2 saturated heterocycles. The maximum atomic E-state index is 14.0. The quantitative estimate of drug-likeness (QED) is 0.912. The van der Waals surface area contributed by atoms with Crippen molar-refractivity contribution < 1.29 is 12.8 Å². The van der Waals surface area contributed by atoms with E-state index in [1.807, 2.05) is 30.3 Å². The first-order valence-electron chi connectivity index (χ1n) is 8.55. The van der Waals surface area contributed by atoms with Crippen LogP contribution in [0.1, 0.15) is 17.2 Å². The monoisotopic (exact) mass is 360 g/mol. The third-order valence-electron chi connectivity index (χ3n) is 5.32. The fourth-order valence-electron chi connectivity index (χ4n) is 4.13. The van der Waals surface area contributed by atoms with Crippen LogP contribution in [0.15, 0.2) is 54.6 Å². The highest BCUT2D eigenvalue weighted by Gasteiger charge is 2.49. The van der Waals surface area contributed by atoms with Gasteiger partial charge in [-0.1, -0.05) is 48.5 Å². The molecule has 2 aliphatic heterocycles. The van der Waals surface area contributed by atoms with Crippen LogP contribution in [0.2, 0.25) is 0 Å². The highest BCUT2D eigenvalue weighted by molar-refractivity contribution is 7.88. The van der Waals surface area contributed by atoms with Gasteiger partial charge in [-0.3, -0.25) is 0 Å². The summed E-state index contributed by atoms with van der Waals surface area (Å²) >= 11 is 0. The third-order valence-corrected chi connectivity index (χ3v) is 7.08. The standard InChI is InChI=1S/C19H21FN2O2S/c20-18-9-5-4-8-15(18)13-25(23,24)22-12-16-10-21-11-17(16)19(22)14-6-2-1-3-7-14/h1-9,16-17,19,21H,10-13H2/t16-,17-,19+/m0/s1. The highest BCUT2D eigenvalue weighted by Crippen LogP contribution is 2.44. The molecule has 4 nitrogen and oxygen atoms in total. The van der Waals surface area contributed by atoms with Gasteiger partial charge in [0.25, 0.3) is 0 Å². The lowest BCUT2D eigenvalue weighted by Crippen LogP contribution is -2.35. The van der Waals surface area contributed by atoms with E-state index in [4.69, 9.17) is 0 Å². The molecule has 0 aromatic heterocycles. The first-order chi connectivity index (χ1) is 12.1. The number of halogens is 1. The van der Waals surface area contributed by atoms with E-state index in [9.17, 15) is 12.8 Å². The minimum Gasteiger partial charge on any atom is -0.316 e. The van der Waals surface area contributed by atoms with Gasteiger partial charge >= 0.3 is 0 Å². The normalized spacial score (nSPS) is 26.7. The predicted octanol–water partition coefficient (Wildman–Crippen LogP) is 2.55. The summed E-state index contributed by atoms with van der Waals surface area (Å²) in [5.74, 6) is -0.197. The molecule has 0 bridgehead atoms. The second kappa shape index (κ2) is 6.52. The van der Waals surface area contributed by atoms with Crippen LogP contribution in [0.5, 0.6) is 0 Å². The molecule has 2 heterocycles. The van der Waals surface area contributed by atoms with Gasteiger partial charge in [-0.25, -0.2) is 12.8 Å². The number of nitrogens with one attached hydrogen (secondary N) is 1. The molecule has 25 heavy (non-hydrogen) atoms. The van der Waals surface area contributed by atoms with Gasteiger partial charge < -0.3 is 5.32 Å². The zero-order valence-corrected chi connectivity index (χ0v) is 14.6.